The number of hydrogen-bond donors (Lipinski definition) is 1. The molecule has 1 amide bonds. The van der Waals surface area contributed by atoms with Gasteiger partial charge in [0.15, 0.2) is 0 Å². The number of methoxy groups -OCH3 is 2. The van der Waals surface area contributed by atoms with Crippen molar-refractivity contribution >= 4 is 16.9 Å². The molecule has 9 heteroatoms. The van der Waals surface area contributed by atoms with Crippen molar-refractivity contribution in [3.05, 3.63) is 102 Å². The quantitative estimate of drug-likeness (QED) is 0.139. The van der Waals surface area contributed by atoms with Gasteiger partial charge in [0.2, 0.25) is 0 Å². The van der Waals surface area contributed by atoms with E-state index in [2.05, 4.69) is 12.1 Å². The molecule has 0 radical (unpaired) electrons. The second kappa shape index (κ2) is 16.9. The summed E-state index contributed by atoms with van der Waals surface area (Å²) in [6.07, 6.45) is -0.0775. The predicted molar refractivity (Wildman–Crippen MR) is 189 cm³/mol. The van der Waals surface area contributed by atoms with Gasteiger partial charge in [-0.25, -0.2) is 4.79 Å². The van der Waals surface area contributed by atoms with Crippen LogP contribution in [-0.4, -0.2) is 74.9 Å². The van der Waals surface area contributed by atoms with E-state index < -0.39 is 17.8 Å². The number of carbonyl (C=O) groups excluding carboxylic acids is 1. The van der Waals surface area contributed by atoms with Crippen LogP contribution in [0, 0.1) is 5.92 Å². The van der Waals surface area contributed by atoms with Crippen molar-refractivity contribution in [2.45, 2.75) is 58.0 Å². The van der Waals surface area contributed by atoms with Gasteiger partial charge in [0.05, 0.1) is 53.3 Å². The standard InChI is InChI=1S/C40H49NO8/c1-40(2,3)49-39(43)41-23-32(25-42)38(37(24-41)48-26-28-21-30-11-6-8-13-34(30)36(22-28)45-5)29-15-17-33(18-16-29)47-20-10-19-46-27-31-12-7-9-14-35(31)44-4/h6-9,11-18,21-22,32,37-38,42H,10,19-20,23-27H2,1-5H3/t32-,37?,38-/m0/s1. The number of hydrogen-bond acceptors (Lipinski definition) is 8. The Balaban J connectivity index is 1.25. The van der Waals surface area contributed by atoms with Crippen LogP contribution in [0.25, 0.3) is 10.8 Å². The van der Waals surface area contributed by atoms with Crippen LogP contribution in [0.5, 0.6) is 17.2 Å². The van der Waals surface area contributed by atoms with Crippen LogP contribution >= 0.6 is 0 Å². The molecule has 4 aromatic carbocycles. The Morgan fingerprint density at radius 2 is 1.59 bits per heavy atom. The molecule has 1 unspecified atom stereocenters. The summed E-state index contributed by atoms with van der Waals surface area (Å²) < 4.78 is 35.3. The molecule has 49 heavy (non-hydrogen) atoms. The lowest BCUT2D eigenvalue weighted by molar-refractivity contribution is -0.0600. The molecule has 0 aliphatic carbocycles. The molecule has 5 rings (SSSR count). The van der Waals surface area contributed by atoms with E-state index in [1.165, 1.54) is 0 Å². The van der Waals surface area contributed by atoms with Crippen molar-refractivity contribution in [1.82, 2.24) is 4.90 Å². The minimum atomic E-state index is -0.641. The molecule has 1 N–H and O–H groups in total. The van der Waals surface area contributed by atoms with Crippen molar-refractivity contribution in [3.8, 4) is 17.2 Å². The second-order valence-electron chi connectivity index (χ2n) is 13.4. The Morgan fingerprint density at radius 3 is 2.33 bits per heavy atom. The first-order valence-corrected chi connectivity index (χ1v) is 16.9. The fourth-order valence-electron chi connectivity index (χ4n) is 6.33. The molecule has 1 fully saturated rings. The fraction of sp³-hybridized carbons (Fsp3) is 0.425. The number of nitrogens with zero attached hydrogens (tertiary/aromatic N) is 1. The van der Waals surface area contributed by atoms with E-state index in [1.807, 2.05) is 93.6 Å². The van der Waals surface area contributed by atoms with Gasteiger partial charge in [-0.2, -0.15) is 0 Å². The summed E-state index contributed by atoms with van der Waals surface area (Å²) in [5, 5.41) is 12.7. The number of carbonyl (C=O) groups is 1. The van der Waals surface area contributed by atoms with E-state index in [4.69, 9.17) is 28.4 Å². The van der Waals surface area contributed by atoms with Crippen molar-refractivity contribution in [2.24, 2.45) is 5.92 Å². The van der Waals surface area contributed by atoms with Crippen LogP contribution in [0.1, 0.15) is 49.8 Å². The van der Waals surface area contributed by atoms with Crippen LogP contribution in [0.2, 0.25) is 0 Å². The Morgan fingerprint density at radius 1 is 0.857 bits per heavy atom. The molecule has 0 spiro atoms. The summed E-state index contributed by atoms with van der Waals surface area (Å²) >= 11 is 0. The Hall–Kier alpha value is -4.31. The summed E-state index contributed by atoms with van der Waals surface area (Å²) in [5.41, 5.74) is 2.34. The molecule has 1 aliphatic heterocycles. The molecule has 1 aliphatic rings. The van der Waals surface area contributed by atoms with Gasteiger partial charge >= 0.3 is 6.09 Å². The summed E-state index contributed by atoms with van der Waals surface area (Å²) in [5.74, 6) is 1.92. The number of benzene rings is 4. The Labute approximate surface area is 289 Å². The van der Waals surface area contributed by atoms with Crippen molar-refractivity contribution in [1.29, 1.82) is 0 Å². The average Bonchev–Trinajstić information content (AvgIpc) is 3.11. The molecule has 1 heterocycles. The fourth-order valence-corrected chi connectivity index (χ4v) is 6.33. The largest absolute Gasteiger partial charge is 0.496 e. The third-order valence-electron chi connectivity index (χ3n) is 8.63. The molecule has 4 aromatic rings. The van der Waals surface area contributed by atoms with Gasteiger partial charge in [0.25, 0.3) is 0 Å². The number of fused-ring (bicyclic) bond motifs is 1. The van der Waals surface area contributed by atoms with Crippen molar-refractivity contribution < 1.29 is 38.3 Å². The lowest BCUT2D eigenvalue weighted by Gasteiger charge is -2.43. The summed E-state index contributed by atoms with van der Waals surface area (Å²) in [6.45, 7) is 7.98. The number of likely N-dealkylation sites (tertiary alicyclic amines) is 1. The molecule has 3 atom stereocenters. The van der Waals surface area contributed by atoms with Gasteiger partial charge in [-0.1, -0.05) is 54.6 Å². The zero-order chi connectivity index (χ0) is 34.8. The first kappa shape index (κ1) is 36.0. The topological polar surface area (TPSA) is 95.9 Å². The molecule has 0 bridgehead atoms. The molecule has 9 nitrogen and oxygen atoms in total. The molecular weight excluding hydrogens is 622 g/mol. The predicted octanol–water partition coefficient (Wildman–Crippen LogP) is 7.37. The van der Waals surface area contributed by atoms with Crippen LogP contribution in [0.15, 0.2) is 84.9 Å². The minimum Gasteiger partial charge on any atom is -0.496 e. The van der Waals surface area contributed by atoms with Gasteiger partial charge in [0, 0.05) is 42.4 Å². The first-order valence-electron chi connectivity index (χ1n) is 16.9. The van der Waals surface area contributed by atoms with E-state index in [9.17, 15) is 9.90 Å². The summed E-state index contributed by atoms with van der Waals surface area (Å²) in [6, 6.07) is 27.9. The van der Waals surface area contributed by atoms with E-state index >= 15 is 0 Å². The van der Waals surface area contributed by atoms with Gasteiger partial charge in [0.1, 0.15) is 22.8 Å². The number of amides is 1. The first-order chi connectivity index (χ1) is 23.7. The van der Waals surface area contributed by atoms with E-state index in [1.54, 1.807) is 19.1 Å². The maximum absolute atomic E-state index is 13.2. The lowest BCUT2D eigenvalue weighted by Crippen LogP contribution is -2.53. The third kappa shape index (κ3) is 9.65. The van der Waals surface area contributed by atoms with Crippen LogP contribution < -0.4 is 14.2 Å². The molecule has 262 valence electrons. The maximum atomic E-state index is 13.2. The van der Waals surface area contributed by atoms with E-state index in [0.29, 0.717) is 39.5 Å². The number of aliphatic hydroxyl groups is 1. The normalized spacial score (nSPS) is 17.9. The Bertz CT molecular complexity index is 1650. The van der Waals surface area contributed by atoms with E-state index in [-0.39, 0.29) is 18.4 Å². The highest BCUT2D eigenvalue weighted by Crippen LogP contribution is 2.37. The zero-order valence-corrected chi connectivity index (χ0v) is 29.2. The minimum absolute atomic E-state index is 0.110. The molecular formula is C40H49NO8. The van der Waals surface area contributed by atoms with Crippen LogP contribution in [-0.2, 0) is 27.4 Å². The summed E-state index contributed by atoms with van der Waals surface area (Å²) in [7, 11) is 3.32. The zero-order valence-electron chi connectivity index (χ0n) is 29.2. The number of rotatable bonds is 14. The second-order valence-corrected chi connectivity index (χ2v) is 13.4. The third-order valence-corrected chi connectivity index (χ3v) is 8.63. The van der Waals surface area contributed by atoms with Crippen LogP contribution in [0.4, 0.5) is 4.79 Å². The van der Waals surface area contributed by atoms with Gasteiger partial charge in [-0.15, -0.1) is 0 Å². The monoisotopic (exact) mass is 671 g/mol. The number of ether oxygens (including phenoxy) is 6. The molecule has 0 aromatic heterocycles. The van der Waals surface area contributed by atoms with Crippen LogP contribution in [0.3, 0.4) is 0 Å². The Kier molecular flexibility index (Phi) is 12.4. The highest BCUT2D eigenvalue weighted by atomic mass is 16.6. The highest BCUT2D eigenvalue weighted by Gasteiger charge is 2.41. The maximum Gasteiger partial charge on any atom is 0.410 e. The number of piperidine rings is 1. The van der Waals surface area contributed by atoms with Gasteiger partial charge < -0.3 is 38.4 Å². The van der Waals surface area contributed by atoms with Crippen molar-refractivity contribution in [3.63, 3.8) is 0 Å². The van der Waals surface area contributed by atoms with Gasteiger partial charge in [-0.3, -0.25) is 0 Å². The number of para-hydroxylation sites is 1. The average molecular weight is 672 g/mol. The summed E-state index contributed by atoms with van der Waals surface area (Å²) in [4.78, 5) is 14.9. The van der Waals surface area contributed by atoms with Crippen molar-refractivity contribution in [2.75, 3.05) is 47.1 Å². The lowest BCUT2D eigenvalue weighted by atomic mass is 9.79. The van der Waals surface area contributed by atoms with Gasteiger partial charge in [-0.05, 0) is 67.6 Å². The number of aliphatic hydroxyl groups excluding tert-OH is 1. The smallest absolute Gasteiger partial charge is 0.410 e. The SMILES string of the molecule is COc1ccccc1COCCCOc1ccc([C@@H]2C(OCc3cc(OC)c4ccccc4c3)CN(C(=O)OC(C)(C)C)C[C@H]2CO)cc1. The molecule has 1 saturated heterocycles. The van der Waals surface area contributed by atoms with E-state index in [0.717, 1.165) is 51.1 Å². The highest BCUT2D eigenvalue weighted by molar-refractivity contribution is 5.89. The molecule has 0 saturated carbocycles.